The SMILES string of the molecule is CCOC(=O)/C(C)=C/c1c(-c2ccccc2)oc2ncnc(O[C@H](C)CCCCC(=O)OC(C)(C)C)c12. The molecule has 3 aromatic rings. The number of carbonyl (C=O) groups is 2. The number of benzene rings is 1. The van der Waals surface area contributed by atoms with Gasteiger partial charge in [-0.1, -0.05) is 30.3 Å². The van der Waals surface area contributed by atoms with Crippen LogP contribution in [0.25, 0.3) is 28.5 Å². The third-order valence-electron chi connectivity index (χ3n) is 5.46. The summed E-state index contributed by atoms with van der Waals surface area (Å²) in [5.74, 6) is 0.334. The zero-order chi connectivity index (χ0) is 27.0. The Hall–Kier alpha value is -3.68. The van der Waals surface area contributed by atoms with Gasteiger partial charge in [-0.3, -0.25) is 4.79 Å². The van der Waals surface area contributed by atoms with Crippen molar-refractivity contribution in [3.05, 3.63) is 47.8 Å². The van der Waals surface area contributed by atoms with Crippen LogP contribution in [0.3, 0.4) is 0 Å². The Kier molecular flexibility index (Phi) is 9.44. The van der Waals surface area contributed by atoms with E-state index in [-0.39, 0.29) is 18.7 Å². The number of unbranched alkanes of at least 4 members (excludes halogenated alkanes) is 1. The molecule has 0 saturated heterocycles. The average Bonchev–Trinajstić information content (AvgIpc) is 3.20. The van der Waals surface area contributed by atoms with Crippen molar-refractivity contribution in [2.24, 2.45) is 0 Å². The van der Waals surface area contributed by atoms with Gasteiger partial charge in [-0.05, 0) is 66.9 Å². The van der Waals surface area contributed by atoms with Crippen LogP contribution in [0.2, 0.25) is 0 Å². The predicted molar refractivity (Wildman–Crippen MR) is 142 cm³/mol. The molecule has 0 aliphatic rings. The number of nitrogens with zero attached hydrogens (tertiary/aromatic N) is 2. The highest BCUT2D eigenvalue weighted by Gasteiger charge is 2.22. The largest absolute Gasteiger partial charge is 0.474 e. The molecule has 0 N–H and O–H groups in total. The summed E-state index contributed by atoms with van der Waals surface area (Å²) >= 11 is 0. The van der Waals surface area contributed by atoms with E-state index in [1.165, 1.54) is 6.33 Å². The normalized spacial score (nSPS) is 12.9. The van der Waals surface area contributed by atoms with Crippen molar-refractivity contribution in [1.29, 1.82) is 0 Å². The molecule has 0 saturated carbocycles. The molecule has 0 aliphatic carbocycles. The molecule has 0 bridgehead atoms. The predicted octanol–water partition coefficient (Wildman–Crippen LogP) is 6.53. The van der Waals surface area contributed by atoms with Crippen LogP contribution >= 0.6 is 0 Å². The highest BCUT2D eigenvalue weighted by molar-refractivity contribution is 6.01. The van der Waals surface area contributed by atoms with Crippen LogP contribution in [0.4, 0.5) is 0 Å². The van der Waals surface area contributed by atoms with Crippen molar-refractivity contribution in [2.45, 2.75) is 78.9 Å². The molecule has 2 heterocycles. The molecule has 1 atom stereocenters. The molecule has 8 heteroatoms. The second-order valence-corrected chi connectivity index (χ2v) is 9.88. The second kappa shape index (κ2) is 12.5. The zero-order valence-electron chi connectivity index (χ0n) is 22.5. The van der Waals surface area contributed by atoms with Gasteiger partial charge in [0, 0.05) is 23.1 Å². The van der Waals surface area contributed by atoms with E-state index < -0.39 is 11.6 Å². The highest BCUT2D eigenvalue weighted by atomic mass is 16.6. The standard InChI is InChI=1S/C29H36N2O6/c1-7-34-28(33)19(2)17-22-24-26(35-20(3)13-11-12-16-23(32)37-29(4,5)6)30-18-31-27(24)36-25(22)21-14-9-8-10-15-21/h8-10,14-15,17-18,20H,7,11-13,16H2,1-6H3/b19-17+/t20-/m1/s1. The minimum absolute atomic E-state index is 0.171. The number of hydrogen-bond acceptors (Lipinski definition) is 8. The Labute approximate surface area is 218 Å². The maximum Gasteiger partial charge on any atom is 0.333 e. The lowest BCUT2D eigenvalue weighted by Gasteiger charge is -2.19. The van der Waals surface area contributed by atoms with Gasteiger partial charge in [0.15, 0.2) is 0 Å². The van der Waals surface area contributed by atoms with Crippen LogP contribution in [-0.2, 0) is 19.1 Å². The zero-order valence-corrected chi connectivity index (χ0v) is 22.5. The van der Waals surface area contributed by atoms with E-state index in [0.29, 0.717) is 46.7 Å². The van der Waals surface area contributed by atoms with Crippen LogP contribution in [0.5, 0.6) is 5.88 Å². The Bertz CT molecular complexity index is 1240. The number of ether oxygens (including phenoxy) is 3. The minimum atomic E-state index is -0.479. The van der Waals surface area contributed by atoms with Gasteiger partial charge < -0.3 is 18.6 Å². The average molecular weight is 509 g/mol. The molecular weight excluding hydrogens is 472 g/mol. The maximum atomic E-state index is 12.4. The van der Waals surface area contributed by atoms with Gasteiger partial charge in [0.2, 0.25) is 11.6 Å². The third kappa shape index (κ3) is 7.90. The lowest BCUT2D eigenvalue weighted by Crippen LogP contribution is -2.23. The molecule has 198 valence electrons. The van der Waals surface area contributed by atoms with Gasteiger partial charge in [0.1, 0.15) is 23.1 Å². The molecule has 37 heavy (non-hydrogen) atoms. The van der Waals surface area contributed by atoms with Crippen LogP contribution in [-0.4, -0.2) is 40.2 Å². The first-order valence-electron chi connectivity index (χ1n) is 12.7. The fourth-order valence-corrected chi connectivity index (χ4v) is 3.82. The molecular formula is C29H36N2O6. The summed E-state index contributed by atoms with van der Waals surface area (Å²) < 4.78 is 22.9. The van der Waals surface area contributed by atoms with Crippen LogP contribution in [0.15, 0.2) is 46.6 Å². The van der Waals surface area contributed by atoms with Crippen LogP contribution in [0, 0.1) is 0 Å². The summed E-state index contributed by atoms with van der Waals surface area (Å²) in [6.45, 7) is 11.3. The van der Waals surface area contributed by atoms with Crippen molar-refractivity contribution in [2.75, 3.05) is 6.61 Å². The molecule has 0 spiro atoms. The highest BCUT2D eigenvalue weighted by Crippen LogP contribution is 2.38. The monoisotopic (exact) mass is 508 g/mol. The summed E-state index contributed by atoms with van der Waals surface area (Å²) in [7, 11) is 0. The molecule has 1 aromatic carbocycles. The number of aromatic nitrogens is 2. The molecule has 0 aliphatic heterocycles. The first-order valence-corrected chi connectivity index (χ1v) is 12.7. The fraction of sp³-hybridized carbons (Fsp3) is 0.448. The number of carbonyl (C=O) groups excluding carboxylic acids is 2. The van der Waals surface area contributed by atoms with E-state index >= 15 is 0 Å². The van der Waals surface area contributed by atoms with Gasteiger partial charge in [-0.15, -0.1) is 0 Å². The summed E-state index contributed by atoms with van der Waals surface area (Å²) in [4.78, 5) is 33.0. The number of furan rings is 1. The van der Waals surface area contributed by atoms with Crippen molar-refractivity contribution >= 4 is 29.1 Å². The van der Waals surface area contributed by atoms with E-state index in [9.17, 15) is 9.59 Å². The Morgan fingerprint density at radius 1 is 1.11 bits per heavy atom. The number of hydrogen-bond donors (Lipinski definition) is 0. The van der Waals surface area contributed by atoms with E-state index in [2.05, 4.69) is 9.97 Å². The van der Waals surface area contributed by atoms with E-state index in [1.54, 1.807) is 19.9 Å². The molecule has 0 unspecified atom stereocenters. The number of rotatable bonds is 11. The van der Waals surface area contributed by atoms with E-state index in [1.807, 2.05) is 58.0 Å². The number of esters is 2. The smallest absolute Gasteiger partial charge is 0.333 e. The van der Waals surface area contributed by atoms with Gasteiger partial charge in [0.25, 0.3) is 0 Å². The van der Waals surface area contributed by atoms with Gasteiger partial charge in [-0.25, -0.2) is 14.8 Å². The van der Waals surface area contributed by atoms with Crippen molar-refractivity contribution in [3.63, 3.8) is 0 Å². The first kappa shape index (κ1) is 27.9. The van der Waals surface area contributed by atoms with E-state index in [4.69, 9.17) is 18.6 Å². The topological polar surface area (TPSA) is 101 Å². The molecule has 0 fully saturated rings. The quantitative estimate of drug-likeness (QED) is 0.164. The Morgan fingerprint density at radius 2 is 1.84 bits per heavy atom. The fourth-order valence-electron chi connectivity index (χ4n) is 3.82. The summed E-state index contributed by atoms with van der Waals surface area (Å²) in [6, 6.07) is 9.60. The van der Waals surface area contributed by atoms with Gasteiger partial charge >= 0.3 is 11.9 Å². The lowest BCUT2D eigenvalue weighted by atomic mass is 10.0. The lowest BCUT2D eigenvalue weighted by molar-refractivity contribution is -0.155. The third-order valence-corrected chi connectivity index (χ3v) is 5.46. The van der Waals surface area contributed by atoms with Crippen molar-refractivity contribution < 1.29 is 28.2 Å². The van der Waals surface area contributed by atoms with Gasteiger partial charge in [0.05, 0.1) is 12.7 Å². The van der Waals surface area contributed by atoms with Crippen LogP contribution in [0.1, 0.15) is 72.8 Å². The number of fused-ring (bicyclic) bond motifs is 1. The second-order valence-electron chi connectivity index (χ2n) is 9.88. The molecule has 3 rings (SSSR count). The Morgan fingerprint density at radius 3 is 2.51 bits per heavy atom. The van der Waals surface area contributed by atoms with Crippen LogP contribution < -0.4 is 4.74 Å². The maximum absolute atomic E-state index is 12.4. The summed E-state index contributed by atoms with van der Waals surface area (Å²) in [5.41, 5.74) is 1.80. The molecule has 0 radical (unpaired) electrons. The van der Waals surface area contributed by atoms with Crippen molar-refractivity contribution in [3.8, 4) is 17.2 Å². The molecule has 2 aromatic heterocycles. The summed E-state index contributed by atoms with van der Waals surface area (Å²) in [6.07, 6.45) is 5.55. The van der Waals surface area contributed by atoms with Crippen molar-refractivity contribution in [1.82, 2.24) is 9.97 Å². The molecule has 0 amide bonds. The van der Waals surface area contributed by atoms with E-state index in [0.717, 1.165) is 18.4 Å². The minimum Gasteiger partial charge on any atom is -0.474 e. The summed E-state index contributed by atoms with van der Waals surface area (Å²) in [5, 5.41) is 0.589. The Balaban J connectivity index is 1.84. The first-order chi connectivity index (χ1) is 17.6. The molecule has 8 nitrogen and oxygen atoms in total. The van der Waals surface area contributed by atoms with Gasteiger partial charge in [-0.2, -0.15) is 0 Å².